The van der Waals surface area contributed by atoms with Crippen LogP contribution in [0.15, 0.2) is 24.3 Å². The molecule has 0 bridgehead atoms. The van der Waals surface area contributed by atoms with Crippen LogP contribution >= 0.6 is 0 Å². The maximum atomic E-state index is 12.3. The zero-order valence-corrected chi connectivity index (χ0v) is 14.7. The largest absolute Gasteiger partial charge is 0.352 e. The number of nitrogens with zero attached hydrogens (tertiary/aromatic N) is 5. The summed E-state index contributed by atoms with van der Waals surface area (Å²) in [7, 11) is 0. The van der Waals surface area contributed by atoms with E-state index >= 15 is 0 Å². The number of rotatable bonds is 7. The van der Waals surface area contributed by atoms with Crippen LogP contribution in [0.25, 0.3) is 0 Å². The molecule has 1 aromatic carbocycles. The van der Waals surface area contributed by atoms with Crippen LogP contribution in [0, 0.1) is 0 Å². The molecular weight excluding hydrogens is 336 g/mol. The van der Waals surface area contributed by atoms with Gasteiger partial charge in [0.1, 0.15) is 6.54 Å². The quantitative estimate of drug-likeness (QED) is 0.720. The summed E-state index contributed by atoms with van der Waals surface area (Å²) in [6.45, 7) is 4.04. The lowest BCUT2D eigenvalue weighted by molar-refractivity contribution is -0.122. The fourth-order valence-corrected chi connectivity index (χ4v) is 2.65. The van der Waals surface area contributed by atoms with E-state index in [9.17, 15) is 14.4 Å². The number of hydrogen-bond donors (Lipinski definition) is 1. The molecule has 0 radical (unpaired) electrons. The van der Waals surface area contributed by atoms with E-state index in [1.807, 2.05) is 13.8 Å². The van der Waals surface area contributed by atoms with Crippen LogP contribution in [0.3, 0.4) is 0 Å². The van der Waals surface area contributed by atoms with Gasteiger partial charge < -0.3 is 5.32 Å². The number of carbonyl (C=O) groups excluding carboxylic acids is 3. The molecule has 0 aliphatic carbocycles. The Hall–Kier alpha value is -3.10. The molecule has 0 unspecified atom stereocenters. The molecule has 9 nitrogen and oxygen atoms in total. The predicted molar refractivity (Wildman–Crippen MR) is 91.2 cm³/mol. The average molecular weight is 356 g/mol. The predicted octanol–water partition coefficient (Wildman–Crippen LogP) is 0.426. The second-order valence-electron chi connectivity index (χ2n) is 6.17. The standard InChI is InChI=1S/C17H20N6O3/c1-3-11(2)18-15(24)10-23-20-14(19-21-23)8-9-22-16(25)12-6-4-5-7-13(12)17(22)26/h4-7,11H,3,8-10H2,1-2H3,(H,18,24)/t11-/m1/s1. The number of nitrogens with one attached hydrogen (secondary N) is 1. The monoisotopic (exact) mass is 356 g/mol. The molecule has 1 atom stereocenters. The highest BCUT2D eigenvalue weighted by atomic mass is 16.2. The normalized spacial score (nSPS) is 14.5. The van der Waals surface area contributed by atoms with Crippen LogP contribution in [0.1, 0.15) is 46.8 Å². The minimum Gasteiger partial charge on any atom is -0.352 e. The van der Waals surface area contributed by atoms with Gasteiger partial charge in [-0.3, -0.25) is 19.3 Å². The molecule has 0 saturated heterocycles. The topological polar surface area (TPSA) is 110 Å². The van der Waals surface area contributed by atoms with E-state index in [0.717, 1.165) is 6.42 Å². The van der Waals surface area contributed by atoms with Crippen molar-refractivity contribution < 1.29 is 14.4 Å². The molecule has 1 N–H and O–H groups in total. The van der Waals surface area contributed by atoms with Crippen molar-refractivity contribution in [1.29, 1.82) is 0 Å². The van der Waals surface area contributed by atoms with Crippen molar-refractivity contribution in [1.82, 2.24) is 30.4 Å². The van der Waals surface area contributed by atoms with Crippen molar-refractivity contribution in [2.45, 2.75) is 39.3 Å². The number of hydrogen-bond acceptors (Lipinski definition) is 6. The summed E-state index contributed by atoms with van der Waals surface area (Å²) in [5.41, 5.74) is 0.826. The lowest BCUT2D eigenvalue weighted by Crippen LogP contribution is -2.35. The summed E-state index contributed by atoms with van der Waals surface area (Å²) in [6, 6.07) is 6.82. The Bertz CT molecular complexity index is 812. The highest BCUT2D eigenvalue weighted by Gasteiger charge is 2.34. The molecule has 3 rings (SSSR count). The first kappa shape index (κ1) is 17.7. The molecule has 1 aromatic heterocycles. The highest BCUT2D eigenvalue weighted by Crippen LogP contribution is 2.22. The molecule has 0 spiro atoms. The Morgan fingerprint density at radius 3 is 2.46 bits per heavy atom. The Labute approximate surface area is 150 Å². The van der Waals surface area contributed by atoms with Crippen LogP contribution < -0.4 is 5.32 Å². The molecule has 136 valence electrons. The van der Waals surface area contributed by atoms with Crippen molar-refractivity contribution in [2.24, 2.45) is 0 Å². The van der Waals surface area contributed by atoms with E-state index in [2.05, 4.69) is 20.7 Å². The summed E-state index contributed by atoms with van der Waals surface area (Å²) < 4.78 is 0. The number of amides is 3. The highest BCUT2D eigenvalue weighted by molar-refractivity contribution is 6.21. The van der Waals surface area contributed by atoms with Crippen molar-refractivity contribution in [3.63, 3.8) is 0 Å². The third kappa shape index (κ3) is 3.61. The Balaban J connectivity index is 1.57. The van der Waals surface area contributed by atoms with Crippen LogP contribution in [0.2, 0.25) is 0 Å². The molecule has 0 fully saturated rings. The molecule has 9 heteroatoms. The Kier molecular flexibility index (Phi) is 5.06. The number of benzene rings is 1. The second kappa shape index (κ2) is 7.42. The summed E-state index contributed by atoms with van der Waals surface area (Å²) >= 11 is 0. The van der Waals surface area contributed by atoms with Crippen molar-refractivity contribution in [3.05, 3.63) is 41.2 Å². The molecular formula is C17H20N6O3. The first-order chi connectivity index (χ1) is 12.5. The zero-order valence-electron chi connectivity index (χ0n) is 14.7. The summed E-state index contributed by atoms with van der Waals surface area (Å²) in [6.07, 6.45) is 1.11. The first-order valence-electron chi connectivity index (χ1n) is 8.51. The van der Waals surface area contributed by atoms with Crippen molar-refractivity contribution in [3.8, 4) is 0 Å². The van der Waals surface area contributed by atoms with Crippen LogP contribution in [0.4, 0.5) is 0 Å². The summed E-state index contributed by atoms with van der Waals surface area (Å²) in [4.78, 5) is 38.8. The molecule has 3 amide bonds. The van der Waals surface area contributed by atoms with Crippen LogP contribution in [0.5, 0.6) is 0 Å². The molecule has 1 aliphatic heterocycles. The number of carbonyl (C=O) groups is 3. The van der Waals surface area contributed by atoms with Gasteiger partial charge in [0.15, 0.2) is 5.82 Å². The van der Waals surface area contributed by atoms with Gasteiger partial charge in [0, 0.05) is 19.0 Å². The van der Waals surface area contributed by atoms with Crippen molar-refractivity contribution >= 4 is 17.7 Å². The Morgan fingerprint density at radius 2 is 1.85 bits per heavy atom. The Morgan fingerprint density at radius 1 is 1.19 bits per heavy atom. The SMILES string of the molecule is CC[C@@H](C)NC(=O)Cn1nnc(CCN2C(=O)c3ccccc3C2=O)n1. The van der Waals surface area contributed by atoms with E-state index in [0.29, 0.717) is 17.0 Å². The molecule has 2 heterocycles. The van der Waals surface area contributed by atoms with Gasteiger partial charge in [0.2, 0.25) is 5.91 Å². The third-order valence-corrected chi connectivity index (χ3v) is 4.24. The van der Waals surface area contributed by atoms with Gasteiger partial charge in [-0.2, -0.15) is 4.80 Å². The smallest absolute Gasteiger partial charge is 0.261 e. The molecule has 26 heavy (non-hydrogen) atoms. The summed E-state index contributed by atoms with van der Waals surface area (Å²) in [5.74, 6) is -0.446. The maximum absolute atomic E-state index is 12.3. The van der Waals surface area contributed by atoms with E-state index < -0.39 is 0 Å². The molecule has 1 aliphatic rings. The van der Waals surface area contributed by atoms with E-state index in [-0.39, 0.29) is 43.3 Å². The lowest BCUT2D eigenvalue weighted by atomic mass is 10.1. The number of tetrazole rings is 1. The lowest BCUT2D eigenvalue weighted by Gasteiger charge is -2.11. The molecule has 0 saturated carbocycles. The van der Waals surface area contributed by atoms with E-state index in [4.69, 9.17) is 0 Å². The fourth-order valence-electron chi connectivity index (χ4n) is 2.65. The van der Waals surface area contributed by atoms with Gasteiger partial charge in [-0.1, -0.05) is 19.1 Å². The minimum atomic E-state index is -0.314. The van der Waals surface area contributed by atoms with Gasteiger partial charge in [-0.15, -0.1) is 10.2 Å². The van der Waals surface area contributed by atoms with Gasteiger partial charge in [-0.25, -0.2) is 0 Å². The second-order valence-corrected chi connectivity index (χ2v) is 6.17. The van der Waals surface area contributed by atoms with Gasteiger partial charge in [0.05, 0.1) is 11.1 Å². The minimum absolute atomic E-state index is 0.0235. The van der Waals surface area contributed by atoms with Crippen LogP contribution in [-0.4, -0.2) is 55.4 Å². The zero-order chi connectivity index (χ0) is 18.7. The van der Waals surface area contributed by atoms with E-state index in [1.165, 1.54) is 9.70 Å². The fraction of sp³-hybridized carbons (Fsp3) is 0.412. The average Bonchev–Trinajstić information content (AvgIpc) is 3.17. The van der Waals surface area contributed by atoms with Gasteiger partial charge in [-0.05, 0) is 30.7 Å². The number of imide groups is 1. The summed E-state index contributed by atoms with van der Waals surface area (Å²) in [5, 5.41) is 14.7. The van der Waals surface area contributed by atoms with E-state index in [1.54, 1.807) is 24.3 Å². The maximum Gasteiger partial charge on any atom is 0.261 e. The van der Waals surface area contributed by atoms with Gasteiger partial charge >= 0.3 is 0 Å². The molecule has 2 aromatic rings. The number of aromatic nitrogens is 4. The first-order valence-corrected chi connectivity index (χ1v) is 8.51. The third-order valence-electron chi connectivity index (χ3n) is 4.24. The van der Waals surface area contributed by atoms with Crippen molar-refractivity contribution in [2.75, 3.05) is 6.54 Å². The van der Waals surface area contributed by atoms with Crippen LogP contribution in [-0.2, 0) is 17.8 Å². The van der Waals surface area contributed by atoms with Gasteiger partial charge in [0.25, 0.3) is 11.8 Å². The number of fused-ring (bicyclic) bond motifs is 1.